The molecule has 0 unspecified atom stereocenters. The van der Waals surface area contributed by atoms with E-state index in [0.29, 0.717) is 24.0 Å². The number of benzene rings is 1. The van der Waals surface area contributed by atoms with Crippen molar-refractivity contribution in [1.82, 2.24) is 20.1 Å². The van der Waals surface area contributed by atoms with Crippen LogP contribution in [0, 0.1) is 0 Å². The molecule has 4 aliphatic rings. The van der Waals surface area contributed by atoms with Crippen LogP contribution in [0.25, 0.3) is 0 Å². The molecule has 3 atom stereocenters. The second-order valence-corrected chi connectivity index (χ2v) is 10.7. The van der Waals surface area contributed by atoms with Gasteiger partial charge < -0.3 is 15.1 Å². The van der Waals surface area contributed by atoms with Crippen LogP contribution in [0.2, 0.25) is 0 Å². The third kappa shape index (κ3) is 4.11. The van der Waals surface area contributed by atoms with Gasteiger partial charge in [0.1, 0.15) is 0 Å². The standard InChI is InChI=1S/C28H37N5O/c1-31(26-11-2-6-20-8-5-13-29-28(20)26)18-22-16-24-21(17-30-22)7-3-10-25(24)32-14-15-33-23(19-32)9-4-12-27(33)34/h3,5,7-8,10,13,22-23,26,30H,2,4,6,9,11-12,14-19H2,1H3/t22-,23-,26+/m1/s1. The lowest BCUT2D eigenvalue weighted by molar-refractivity contribution is -0.136. The molecular weight excluding hydrogens is 422 g/mol. The lowest BCUT2D eigenvalue weighted by atomic mass is 9.89. The molecule has 6 nitrogen and oxygen atoms in total. The minimum atomic E-state index is 0.358. The van der Waals surface area contributed by atoms with Crippen LogP contribution < -0.4 is 10.2 Å². The van der Waals surface area contributed by atoms with Crippen LogP contribution in [0.15, 0.2) is 36.5 Å². The summed E-state index contributed by atoms with van der Waals surface area (Å²) in [5.74, 6) is 0.358. The van der Waals surface area contributed by atoms with Crippen molar-refractivity contribution in [3.8, 4) is 0 Å². The summed E-state index contributed by atoms with van der Waals surface area (Å²) in [4.78, 5) is 24.4. The molecule has 0 radical (unpaired) electrons. The number of carbonyl (C=O) groups excluding carboxylic acids is 1. The highest BCUT2D eigenvalue weighted by molar-refractivity contribution is 5.78. The predicted octanol–water partition coefficient (Wildman–Crippen LogP) is 3.31. The topological polar surface area (TPSA) is 51.7 Å². The summed E-state index contributed by atoms with van der Waals surface area (Å²) in [6.45, 7) is 4.75. The summed E-state index contributed by atoms with van der Waals surface area (Å²) in [5.41, 5.74) is 7.05. The van der Waals surface area contributed by atoms with Gasteiger partial charge >= 0.3 is 0 Å². The Morgan fingerprint density at radius 2 is 1.97 bits per heavy atom. The number of carbonyl (C=O) groups is 1. The number of nitrogens with one attached hydrogen (secondary N) is 1. The Morgan fingerprint density at radius 3 is 2.91 bits per heavy atom. The molecule has 2 fully saturated rings. The third-order valence-electron chi connectivity index (χ3n) is 8.56. The van der Waals surface area contributed by atoms with Crippen molar-refractivity contribution in [3.63, 3.8) is 0 Å². The average molecular weight is 460 g/mol. The maximum absolute atomic E-state index is 12.3. The maximum atomic E-state index is 12.3. The quantitative estimate of drug-likeness (QED) is 0.760. The second-order valence-electron chi connectivity index (χ2n) is 10.7. The van der Waals surface area contributed by atoms with Gasteiger partial charge in [-0.15, -0.1) is 0 Å². The largest absolute Gasteiger partial charge is 0.367 e. The van der Waals surface area contributed by atoms with Gasteiger partial charge in [0.05, 0.1) is 11.7 Å². The van der Waals surface area contributed by atoms with Crippen LogP contribution in [-0.4, -0.2) is 66.0 Å². The van der Waals surface area contributed by atoms with E-state index in [9.17, 15) is 4.79 Å². The van der Waals surface area contributed by atoms with Crippen molar-refractivity contribution in [2.75, 3.05) is 38.1 Å². The van der Waals surface area contributed by atoms with Gasteiger partial charge in [-0.05, 0) is 74.4 Å². The highest BCUT2D eigenvalue weighted by Crippen LogP contribution is 2.34. The monoisotopic (exact) mass is 459 g/mol. The van der Waals surface area contributed by atoms with Crippen LogP contribution in [0.1, 0.15) is 60.5 Å². The van der Waals surface area contributed by atoms with Gasteiger partial charge in [0, 0.05) is 63.1 Å². The predicted molar refractivity (Wildman–Crippen MR) is 135 cm³/mol. The van der Waals surface area contributed by atoms with Crippen molar-refractivity contribution < 1.29 is 4.79 Å². The number of nitrogens with zero attached hydrogens (tertiary/aromatic N) is 4. The highest BCUT2D eigenvalue weighted by Gasteiger charge is 2.35. The number of piperazine rings is 1. The van der Waals surface area contributed by atoms with Crippen molar-refractivity contribution in [1.29, 1.82) is 0 Å². The number of hydrogen-bond acceptors (Lipinski definition) is 5. The van der Waals surface area contributed by atoms with Crippen molar-refractivity contribution in [2.24, 2.45) is 0 Å². The number of fused-ring (bicyclic) bond motifs is 3. The third-order valence-corrected chi connectivity index (χ3v) is 8.56. The van der Waals surface area contributed by atoms with Crippen LogP contribution in [0.5, 0.6) is 0 Å². The van der Waals surface area contributed by atoms with E-state index in [1.807, 2.05) is 6.20 Å². The minimum Gasteiger partial charge on any atom is -0.367 e. The van der Waals surface area contributed by atoms with Crippen molar-refractivity contribution >= 4 is 11.6 Å². The van der Waals surface area contributed by atoms with E-state index in [4.69, 9.17) is 4.98 Å². The smallest absolute Gasteiger partial charge is 0.222 e. The molecule has 180 valence electrons. The van der Waals surface area contributed by atoms with Crippen molar-refractivity contribution in [2.45, 2.75) is 69.6 Å². The number of hydrogen-bond donors (Lipinski definition) is 1. The molecule has 2 aromatic rings. The van der Waals surface area contributed by atoms with Gasteiger partial charge in [0.2, 0.25) is 5.91 Å². The molecule has 1 aromatic carbocycles. The van der Waals surface area contributed by atoms with Crippen LogP contribution in [-0.2, 0) is 24.2 Å². The fourth-order valence-corrected chi connectivity index (χ4v) is 6.79. The number of piperidine rings is 1. The first kappa shape index (κ1) is 22.1. The second kappa shape index (κ2) is 9.31. The molecule has 0 bridgehead atoms. The first-order valence-electron chi connectivity index (χ1n) is 13.2. The zero-order chi connectivity index (χ0) is 23.1. The van der Waals surface area contributed by atoms with E-state index in [-0.39, 0.29) is 0 Å². The molecule has 1 N–H and O–H groups in total. The zero-order valence-electron chi connectivity index (χ0n) is 20.4. The molecular formula is C28H37N5O. The Hall–Kier alpha value is -2.44. The van der Waals surface area contributed by atoms with Crippen LogP contribution >= 0.6 is 0 Å². The number of anilines is 1. The van der Waals surface area contributed by atoms with Crippen LogP contribution in [0.4, 0.5) is 5.69 Å². The summed E-state index contributed by atoms with van der Waals surface area (Å²) in [7, 11) is 2.27. The molecule has 34 heavy (non-hydrogen) atoms. The summed E-state index contributed by atoms with van der Waals surface area (Å²) < 4.78 is 0. The lowest BCUT2D eigenvalue weighted by Gasteiger charge is -2.46. The number of pyridine rings is 1. The Kier molecular flexibility index (Phi) is 6.04. The molecule has 2 saturated heterocycles. The van der Waals surface area contributed by atoms with E-state index < -0.39 is 0 Å². The normalized spacial score (nSPS) is 26.8. The zero-order valence-corrected chi connectivity index (χ0v) is 20.4. The number of aromatic nitrogens is 1. The Morgan fingerprint density at radius 1 is 1.09 bits per heavy atom. The summed E-state index contributed by atoms with van der Waals surface area (Å²) in [5, 5.41) is 3.82. The number of likely N-dealkylation sites (N-methyl/N-ethyl adjacent to an activating group) is 1. The van der Waals surface area contributed by atoms with Gasteiger partial charge in [-0.25, -0.2) is 0 Å². The Bertz CT molecular complexity index is 1050. The van der Waals surface area contributed by atoms with Gasteiger partial charge in [0.25, 0.3) is 0 Å². The lowest BCUT2D eigenvalue weighted by Crippen LogP contribution is -2.57. The molecule has 3 aliphatic heterocycles. The Labute approximate surface area is 203 Å². The summed E-state index contributed by atoms with van der Waals surface area (Å²) >= 11 is 0. The van der Waals surface area contributed by atoms with E-state index in [1.54, 1.807) is 0 Å². The number of aryl methyl sites for hydroxylation is 1. The fraction of sp³-hybridized carbons (Fsp3) is 0.571. The molecule has 1 amide bonds. The summed E-state index contributed by atoms with van der Waals surface area (Å²) in [6, 6.07) is 12.4. The minimum absolute atomic E-state index is 0.358. The average Bonchev–Trinajstić information content (AvgIpc) is 2.88. The molecule has 6 rings (SSSR count). The van der Waals surface area contributed by atoms with Gasteiger partial charge in [0.15, 0.2) is 0 Å². The highest BCUT2D eigenvalue weighted by atomic mass is 16.2. The first-order chi connectivity index (χ1) is 16.7. The molecule has 4 heterocycles. The first-order valence-corrected chi connectivity index (χ1v) is 13.2. The molecule has 1 aromatic heterocycles. The van der Waals surface area contributed by atoms with Gasteiger partial charge in [-0.1, -0.05) is 18.2 Å². The SMILES string of the molecule is CN(C[C@H]1Cc2c(cccc2N2CCN3C(=O)CCC[C@@H]3C2)CN1)[C@H]1CCCc2cccnc21. The molecule has 0 saturated carbocycles. The maximum Gasteiger partial charge on any atom is 0.222 e. The van der Waals surface area contributed by atoms with Gasteiger partial charge in [-0.3, -0.25) is 14.7 Å². The van der Waals surface area contributed by atoms with E-state index in [0.717, 1.165) is 64.8 Å². The van der Waals surface area contributed by atoms with Gasteiger partial charge in [-0.2, -0.15) is 0 Å². The number of amides is 1. The fourth-order valence-electron chi connectivity index (χ4n) is 6.79. The molecule has 6 heteroatoms. The Balaban J connectivity index is 1.17. The molecule has 0 spiro atoms. The van der Waals surface area contributed by atoms with E-state index in [1.165, 1.54) is 40.9 Å². The summed E-state index contributed by atoms with van der Waals surface area (Å²) in [6.07, 6.45) is 9.52. The molecule has 1 aliphatic carbocycles. The van der Waals surface area contributed by atoms with Crippen molar-refractivity contribution in [3.05, 3.63) is 58.9 Å². The van der Waals surface area contributed by atoms with Crippen LogP contribution in [0.3, 0.4) is 0 Å². The van der Waals surface area contributed by atoms with E-state index >= 15 is 0 Å². The van der Waals surface area contributed by atoms with E-state index in [2.05, 4.69) is 57.4 Å². The number of rotatable bonds is 4.